The summed E-state index contributed by atoms with van der Waals surface area (Å²) in [6.07, 6.45) is -0.865. The number of likely N-dealkylation sites (N-methyl/N-ethyl adjacent to an activating group) is 1. The molecule has 0 bridgehead atoms. The molecule has 1 fully saturated rings. The number of nitro groups is 1. The number of aliphatic hydroxyl groups is 1. The van der Waals surface area contributed by atoms with Crippen molar-refractivity contribution in [2.45, 2.75) is 17.0 Å². The van der Waals surface area contributed by atoms with Gasteiger partial charge in [0.25, 0.3) is 5.69 Å². The van der Waals surface area contributed by atoms with Crippen LogP contribution in [-0.4, -0.2) is 55.0 Å². The van der Waals surface area contributed by atoms with Crippen molar-refractivity contribution >= 4 is 27.3 Å². The molecule has 0 radical (unpaired) electrons. The molecule has 116 valence electrons. The molecule has 0 amide bonds. The second kappa shape index (κ2) is 5.85. The van der Waals surface area contributed by atoms with Crippen molar-refractivity contribution in [2.75, 3.05) is 20.1 Å². The molecule has 1 aromatic carbocycles. The molecule has 8 nitrogen and oxygen atoms in total. The predicted octanol–water partition coefficient (Wildman–Crippen LogP) is 0.201. The molecule has 0 aromatic heterocycles. The van der Waals surface area contributed by atoms with E-state index >= 15 is 0 Å². The molecule has 10 heteroatoms. The molecule has 1 aliphatic rings. The van der Waals surface area contributed by atoms with E-state index in [1.165, 1.54) is 13.1 Å². The van der Waals surface area contributed by atoms with Crippen molar-refractivity contribution in [1.29, 1.82) is 0 Å². The third-order valence-corrected chi connectivity index (χ3v) is 5.56. The number of hydrogen-bond donors (Lipinski definition) is 2. The van der Waals surface area contributed by atoms with E-state index in [0.717, 1.165) is 16.4 Å². The standard InChI is InChI=1S/C11H14ClN3O5S/c1-14(9-5-13-6-10(9)16)21(19,20)11-3-2-7(12)4-8(11)15(17)18/h2-4,9-10,13,16H,5-6H2,1H3/t9-,10-/m0/s1. The highest BCUT2D eigenvalue weighted by atomic mass is 35.5. The summed E-state index contributed by atoms with van der Waals surface area (Å²) < 4.78 is 26.0. The first-order valence-corrected chi connectivity index (χ1v) is 7.87. The van der Waals surface area contributed by atoms with Gasteiger partial charge in [0, 0.05) is 31.2 Å². The molecule has 21 heavy (non-hydrogen) atoms. The fraction of sp³-hybridized carbons (Fsp3) is 0.455. The summed E-state index contributed by atoms with van der Waals surface area (Å²) in [4.78, 5) is 9.79. The van der Waals surface area contributed by atoms with Gasteiger partial charge in [0.15, 0.2) is 4.90 Å². The number of nitrogens with one attached hydrogen (secondary N) is 1. The number of sulfonamides is 1. The van der Waals surface area contributed by atoms with Crippen molar-refractivity contribution in [3.8, 4) is 0 Å². The highest BCUT2D eigenvalue weighted by Gasteiger charge is 2.38. The van der Waals surface area contributed by atoms with Gasteiger partial charge in [-0.25, -0.2) is 8.42 Å². The van der Waals surface area contributed by atoms with Crippen molar-refractivity contribution < 1.29 is 18.4 Å². The molecule has 0 saturated carbocycles. The van der Waals surface area contributed by atoms with Gasteiger partial charge >= 0.3 is 0 Å². The van der Waals surface area contributed by atoms with Crippen LogP contribution in [0.1, 0.15) is 0 Å². The Morgan fingerprint density at radius 3 is 2.67 bits per heavy atom. The van der Waals surface area contributed by atoms with E-state index in [2.05, 4.69) is 5.32 Å². The fourth-order valence-electron chi connectivity index (χ4n) is 2.21. The third kappa shape index (κ3) is 3.01. The highest BCUT2D eigenvalue weighted by molar-refractivity contribution is 7.89. The zero-order chi connectivity index (χ0) is 15.8. The van der Waals surface area contributed by atoms with Crippen LogP contribution in [0, 0.1) is 10.1 Å². The van der Waals surface area contributed by atoms with E-state index in [0.29, 0.717) is 0 Å². The van der Waals surface area contributed by atoms with Gasteiger partial charge in [0.05, 0.1) is 17.1 Å². The van der Waals surface area contributed by atoms with Gasteiger partial charge < -0.3 is 10.4 Å². The SMILES string of the molecule is CN([C@H]1CNC[C@@H]1O)S(=O)(=O)c1ccc(Cl)cc1[N+](=O)[O-]. The van der Waals surface area contributed by atoms with E-state index in [-0.39, 0.29) is 18.1 Å². The summed E-state index contributed by atoms with van der Waals surface area (Å²) in [6, 6.07) is 2.69. The average molecular weight is 336 g/mol. The number of nitro benzene ring substituents is 1. The Labute approximate surface area is 126 Å². The summed E-state index contributed by atoms with van der Waals surface area (Å²) in [6.45, 7) is 0.547. The Bertz CT molecular complexity index is 666. The van der Waals surface area contributed by atoms with Gasteiger partial charge in [0.1, 0.15) is 0 Å². The normalized spacial score (nSPS) is 22.7. The van der Waals surface area contributed by atoms with Crippen molar-refractivity contribution in [2.24, 2.45) is 0 Å². The van der Waals surface area contributed by atoms with Crippen molar-refractivity contribution in [3.05, 3.63) is 33.3 Å². The lowest BCUT2D eigenvalue weighted by molar-refractivity contribution is -0.387. The number of benzene rings is 1. The summed E-state index contributed by atoms with van der Waals surface area (Å²) in [7, 11) is -2.83. The Morgan fingerprint density at radius 2 is 2.14 bits per heavy atom. The lowest BCUT2D eigenvalue weighted by atomic mass is 10.2. The molecular formula is C11H14ClN3O5S. The Kier molecular flexibility index (Phi) is 4.49. The van der Waals surface area contributed by atoms with Crippen LogP contribution in [0.25, 0.3) is 0 Å². The van der Waals surface area contributed by atoms with Gasteiger partial charge in [-0.2, -0.15) is 4.31 Å². The monoisotopic (exact) mass is 335 g/mol. The van der Waals surface area contributed by atoms with Crippen LogP contribution in [0.4, 0.5) is 5.69 Å². The second-order valence-corrected chi connectivity index (χ2v) is 7.09. The first-order valence-electron chi connectivity index (χ1n) is 6.06. The number of rotatable bonds is 4. The summed E-state index contributed by atoms with van der Waals surface area (Å²) in [5, 5.41) is 23.7. The van der Waals surface area contributed by atoms with E-state index in [4.69, 9.17) is 11.6 Å². The van der Waals surface area contributed by atoms with Gasteiger partial charge in [-0.1, -0.05) is 11.6 Å². The van der Waals surface area contributed by atoms with Crippen LogP contribution in [-0.2, 0) is 10.0 Å². The number of nitrogens with zero attached hydrogens (tertiary/aromatic N) is 2. The molecule has 0 unspecified atom stereocenters. The molecule has 1 aliphatic heterocycles. The molecule has 1 saturated heterocycles. The predicted molar refractivity (Wildman–Crippen MR) is 75.7 cm³/mol. The van der Waals surface area contributed by atoms with E-state index in [1.54, 1.807) is 0 Å². The minimum absolute atomic E-state index is 0.0749. The Balaban J connectivity index is 2.46. The first-order chi connectivity index (χ1) is 9.75. The Hall–Kier alpha value is -1.26. The summed E-state index contributed by atoms with van der Waals surface area (Å²) in [5.74, 6) is 0. The number of β-amino-alcohol motifs (C(OH)–C–C–N with tert-alkyl or cyclic N) is 1. The molecule has 0 aliphatic carbocycles. The van der Waals surface area contributed by atoms with E-state index in [9.17, 15) is 23.6 Å². The third-order valence-electron chi connectivity index (χ3n) is 3.39. The molecule has 2 rings (SSSR count). The van der Waals surface area contributed by atoms with Gasteiger partial charge in [0.2, 0.25) is 10.0 Å². The van der Waals surface area contributed by atoms with Gasteiger partial charge in [-0.15, -0.1) is 0 Å². The zero-order valence-electron chi connectivity index (χ0n) is 11.1. The van der Waals surface area contributed by atoms with Crippen LogP contribution in [0.3, 0.4) is 0 Å². The lowest BCUT2D eigenvalue weighted by Crippen LogP contribution is -2.44. The molecular weight excluding hydrogens is 322 g/mol. The van der Waals surface area contributed by atoms with E-state index in [1.807, 2.05) is 0 Å². The first kappa shape index (κ1) is 16.1. The fourth-order valence-corrected chi connectivity index (χ4v) is 3.89. The van der Waals surface area contributed by atoms with Crippen LogP contribution < -0.4 is 5.32 Å². The van der Waals surface area contributed by atoms with Gasteiger partial charge in [-0.3, -0.25) is 10.1 Å². The average Bonchev–Trinajstić information content (AvgIpc) is 2.83. The zero-order valence-corrected chi connectivity index (χ0v) is 12.6. The van der Waals surface area contributed by atoms with Crippen LogP contribution in [0.5, 0.6) is 0 Å². The van der Waals surface area contributed by atoms with Crippen molar-refractivity contribution in [1.82, 2.24) is 9.62 Å². The molecule has 2 N–H and O–H groups in total. The maximum Gasteiger partial charge on any atom is 0.290 e. The highest BCUT2D eigenvalue weighted by Crippen LogP contribution is 2.30. The minimum atomic E-state index is -4.11. The maximum absolute atomic E-state index is 12.5. The maximum atomic E-state index is 12.5. The minimum Gasteiger partial charge on any atom is -0.390 e. The largest absolute Gasteiger partial charge is 0.390 e. The van der Waals surface area contributed by atoms with E-state index < -0.39 is 37.7 Å². The lowest BCUT2D eigenvalue weighted by Gasteiger charge is -2.25. The van der Waals surface area contributed by atoms with Crippen LogP contribution in [0.15, 0.2) is 23.1 Å². The van der Waals surface area contributed by atoms with Gasteiger partial charge in [-0.05, 0) is 12.1 Å². The van der Waals surface area contributed by atoms with Crippen molar-refractivity contribution in [3.63, 3.8) is 0 Å². The molecule has 0 spiro atoms. The van der Waals surface area contributed by atoms with Crippen LogP contribution >= 0.6 is 11.6 Å². The van der Waals surface area contributed by atoms with Crippen LogP contribution in [0.2, 0.25) is 5.02 Å². The topological polar surface area (TPSA) is 113 Å². The molecule has 1 aromatic rings. The quantitative estimate of drug-likeness (QED) is 0.600. The number of halogens is 1. The molecule has 2 atom stereocenters. The number of hydrogen-bond acceptors (Lipinski definition) is 6. The smallest absolute Gasteiger partial charge is 0.290 e. The number of aliphatic hydroxyl groups excluding tert-OH is 1. The molecule has 1 heterocycles. The summed E-state index contributed by atoms with van der Waals surface area (Å²) >= 11 is 5.68. The Morgan fingerprint density at radius 1 is 1.48 bits per heavy atom. The summed E-state index contributed by atoms with van der Waals surface area (Å²) in [5.41, 5.74) is -0.588. The second-order valence-electron chi connectivity index (χ2n) is 4.68.